The highest BCUT2D eigenvalue weighted by atomic mass is 35.5. The fourth-order valence-corrected chi connectivity index (χ4v) is 4.32. The Morgan fingerprint density at radius 1 is 0.389 bits per heavy atom. The molecule has 0 saturated heterocycles. The van der Waals surface area contributed by atoms with Crippen molar-refractivity contribution in [2.45, 2.75) is 12.8 Å². The van der Waals surface area contributed by atoms with Crippen molar-refractivity contribution in [3.63, 3.8) is 0 Å². The summed E-state index contributed by atoms with van der Waals surface area (Å²) in [7, 11) is 0. The molecule has 4 aromatic rings. The van der Waals surface area contributed by atoms with Gasteiger partial charge in [0, 0.05) is 35.0 Å². The predicted octanol–water partition coefficient (Wildman–Crippen LogP) is 9.30. The molecule has 0 aliphatic rings. The third kappa shape index (κ3) is 7.42. The van der Waals surface area contributed by atoms with Crippen molar-refractivity contribution >= 4 is 69.6 Å². The second-order valence-electron chi connectivity index (χ2n) is 7.69. The van der Waals surface area contributed by atoms with Crippen LogP contribution in [0, 0.1) is 0 Å². The fraction of sp³-hybridized carbons (Fsp3) is 0.0769. The van der Waals surface area contributed by atoms with Gasteiger partial charge in [0.1, 0.15) is 23.0 Å². The minimum Gasteiger partial charge on any atom is -0.508 e. The Morgan fingerprint density at radius 2 is 0.694 bits per heavy atom. The first-order valence-electron chi connectivity index (χ1n) is 10.2. The lowest BCUT2D eigenvalue weighted by molar-refractivity contribution is 0.462. The largest absolute Gasteiger partial charge is 0.508 e. The van der Waals surface area contributed by atoms with Gasteiger partial charge in [0.25, 0.3) is 0 Å². The van der Waals surface area contributed by atoms with Gasteiger partial charge in [0.05, 0.1) is 20.1 Å². The Morgan fingerprint density at radius 3 is 1.06 bits per heavy atom. The zero-order valence-electron chi connectivity index (χ0n) is 18.2. The maximum atomic E-state index is 9.81. The second-order valence-corrected chi connectivity index (χ2v) is 10.2. The Bertz CT molecular complexity index is 1300. The Hall–Kier alpha value is -2.18. The standard InChI is InChI=1S/C13H8Cl4O2.C13H10Cl2O2/c14-8-2-6(12(18)4-10(8)16)1-7-3-9(15)11(17)5-13(7)19;14-10-1-3-12(16)8(6-10)5-9-7-11(15)2-4-13(9)17/h2-5,18-19H,1H2;1-4,6-7,16-17H,5H2. The van der Waals surface area contributed by atoms with E-state index in [-0.39, 0.29) is 39.5 Å². The van der Waals surface area contributed by atoms with Crippen molar-refractivity contribution in [1.29, 1.82) is 0 Å². The number of phenolic OH excluding ortho intramolecular Hbond substituents is 4. The number of hydrogen-bond donors (Lipinski definition) is 4. The van der Waals surface area contributed by atoms with Gasteiger partial charge >= 0.3 is 0 Å². The summed E-state index contributed by atoms with van der Waals surface area (Å²) in [6.45, 7) is 0. The van der Waals surface area contributed by atoms with Gasteiger partial charge in [0.2, 0.25) is 0 Å². The van der Waals surface area contributed by atoms with Crippen LogP contribution in [0.4, 0.5) is 0 Å². The van der Waals surface area contributed by atoms with Gasteiger partial charge in [-0.3, -0.25) is 0 Å². The molecule has 36 heavy (non-hydrogen) atoms. The van der Waals surface area contributed by atoms with Gasteiger partial charge in [-0.05, 0) is 70.8 Å². The molecule has 0 saturated carbocycles. The van der Waals surface area contributed by atoms with Crippen LogP contribution in [-0.2, 0) is 12.8 Å². The van der Waals surface area contributed by atoms with E-state index in [0.29, 0.717) is 48.8 Å². The monoisotopic (exact) mass is 604 g/mol. The van der Waals surface area contributed by atoms with E-state index in [9.17, 15) is 20.4 Å². The van der Waals surface area contributed by atoms with Gasteiger partial charge in [-0.15, -0.1) is 0 Å². The molecule has 0 radical (unpaired) electrons. The molecule has 0 unspecified atom stereocenters. The zero-order valence-corrected chi connectivity index (χ0v) is 22.8. The fourth-order valence-electron chi connectivity index (χ4n) is 3.24. The van der Waals surface area contributed by atoms with E-state index >= 15 is 0 Å². The summed E-state index contributed by atoms with van der Waals surface area (Å²) >= 11 is 35.1. The van der Waals surface area contributed by atoms with Crippen LogP contribution in [0.3, 0.4) is 0 Å². The molecule has 0 spiro atoms. The van der Waals surface area contributed by atoms with E-state index in [4.69, 9.17) is 69.6 Å². The summed E-state index contributed by atoms with van der Waals surface area (Å²) in [6, 6.07) is 15.4. The number of aromatic hydroxyl groups is 4. The third-order valence-electron chi connectivity index (χ3n) is 5.09. The van der Waals surface area contributed by atoms with Crippen LogP contribution in [0.1, 0.15) is 22.3 Å². The quantitative estimate of drug-likeness (QED) is 0.187. The van der Waals surface area contributed by atoms with E-state index < -0.39 is 0 Å². The molecular weight excluding hydrogens is 589 g/mol. The SMILES string of the molecule is Oc1cc(Cl)c(Cl)cc1Cc1cc(Cl)c(Cl)cc1O.Oc1ccc(Cl)cc1Cc1cc(Cl)ccc1O. The molecule has 0 heterocycles. The smallest absolute Gasteiger partial charge is 0.120 e. The van der Waals surface area contributed by atoms with Crippen molar-refractivity contribution in [3.05, 3.63) is 113 Å². The van der Waals surface area contributed by atoms with Crippen LogP contribution in [0.15, 0.2) is 60.7 Å². The third-order valence-corrected chi connectivity index (χ3v) is 7.00. The molecule has 4 rings (SSSR count). The van der Waals surface area contributed by atoms with Crippen LogP contribution in [0.2, 0.25) is 30.1 Å². The van der Waals surface area contributed by atoms with Gasteiger partial charge in [-0.25, -0.2) is 0 Å². The molecule has 0 atom stereocenters. The molecule has 0 amide bonds. The van der Waals surface area contributed by atoms with Crippen LogP contribution >= 0.6 is 69.6 Å². The van der Waals surface area contributed by atoms with Crippen molar-refractivity contribution < 1.29 is 20.4 Å². The summed E-state index contributed by atoms with van der Waals surface area (Å²) in [5.41, 5.74) is 2.36. The lowest BCUT2D eigenvalue weighted by atomic mass is 10.0. The van der Waals surface area contributed by atoms with Crippen LogP contribution in [0.25, 0.3) is 0 Å². The average molecular weight is 607 g/mol. The average Bonchev–Trinajstić information content (AvgIpc) is 2.81. The van der Waals surface area contributed by atoms with E-state index in [0.717, 1.165) is 0 Å². The zero-order chi connectivity index (χ0) is 26.6. The first-order chi connectivity index (χ1) is 16.9. The summed E-state index contributed by atoms with van der Waals surface area (Å²) in [4.78, 5) is 0. The minimum atomic E-state index is -0.000118. The topological polar surface area (TPSA) is 80.9 Å². The summed E-state index contributed by atoms with van der Waals surface area (Å²) in [5.74, 6) is 0.294. The molecule has 4 aromatic carbocycles. The van der Waals surface area contributed by atoms with E-state index in [2.05, 4.69) is 0 Å². The Labute approximate surface area is 237 Å². The van der Waals surface area contributed by atoms with Gasteiger partial charge in [-0.2, -0.15) is 0 Å². The Kier molecular flexibility index (Phi) is 9.76. The van der Waals surface area contributed by atoms with Gasteiger partial charge < -0.3 is 20.4 Å². The second kappa shape index (κ2) is 12.4. The maximum Gasteiger partial charge on any atom is 0.120 e. The maximum absolute atomic E-state index is 9.81. The lowest BCUT2D eigenvalue weighted by Crippen LogP contribution is -1.91. The molecule has 4 nitrogen and oxygen atoms in total. The van der Waals surface area contributed by atoms with Crippen molar-refractivity contribution in [2.24, 2.45) is 0 Å². The van der Waals surface area contributed by atoms with E-state index in [1.54, 1.807) is 36.4 Å². The lowest BCUT2D eigenvalue weighted by Gasteiger charge is -2.09. The molecule has 0 aliphatic carbocycles. The predicted molar refractivity (Wildman–Crippen MR) is 148 cm³/mol. The molecule has 0 fully saturated rings. The van der Waals surface area contributed by atoms with Gasteiger partial charge in [-0.1, -0.05) is 69.6 Å². The molecule has 10 heteroatoms. The van der Waals surface area contributed by atoms with Crippen molar-refractivity contribution in [1.82, 2.24) is 0 Å². The molecule has 188 valence electrons. The highest BCUT2D eigenvalue weighted by Gasteiger charge is 2.12. The van der Waals surface area contributed by atoms with E-state index in [1.165, 1.54) is 24.3 Å². The van der Waals surface area contributed by atoms with Crippen LogP contribution < -0.4 is 0 Å². The number of rotatable bonds is 4. The highest BCUT2D eigenvalue weighted by Crippen LogP contribution is 2.35. The highest BCUT2D eigenvalue weighted by molar-refractivity contribution is 6.42. The van der Waals surface area contributed by atoms with Crippen LogP contribution in [0.5, 0.6) is 23.0 Å². The first kappa shape index (κ1) is 28.4. The number of benzene rings is 4. The first-order valence-corrected chi connectivity index (χ1v) is 12.5. The summed E-state index contributed by atoms with van der Waals surface area (Å²) < 4.78 is 0. The van der Waals surface area contributed by atoms with Crippen molar-refractivity contribution in [3.8, 4) is 23.0 Å². The molecule has 0 aromatic heterocycles. The van der Waals surface area contributed by atoms with Gasteiger partial charge in [0.15, 0.2) is 0 Å². The molecule has 0 bridgehead atoms. The minimum absolute atomic E-state index is 0.000118. The molecule has 0 aliphatic heterocycles. The Balaban J connectivity index is 0.000000202. The number of phenols is 4. The van der Waals surface area contributed by atoms with Crippen LogP contribution in [-0.4, -0.2) is 20.4 Å². The molecular formula is C26H18Cl6O4. The number of halogens is 6. The molecule has 4 N–H and O–H groups in total. The summed E-state index contributed by atoms with van der Waals surface area (Å²) in [5, 5.41) is 41.3. The summed E-state index contributed by atoms with van der Waals surface area (Å²) in [6.07, 6.45) is 0.629. The van der Waals surface area contributed by atoms with Crippen molar-refractivity contribution in [2.75, 3.05) is 0 Å². The normalized spacial score (nSPS) is 10.6. The van der Waals surface area contributed by atoms with E-state index in [1.807, 2.05) is 0 Å². The number of hydrogen-bond acceptors (Lipinski definition) is 4.